The topological polar surface area (TPSA) is 79.5 Å². The van der Waals surface area contributed by atoms with Gasteiger partial charge < -0.3 is 14.8 Å². The Morgan fingerprint density at radius 1 is 1.04 bits per heavy atom. The Morgan fingerprint density at radius 3 is 2.40 bits per heavy atom. The van der Waals surface area contributed by atoms with E-state index >= 15 is 0 Å². The summed E-state index contributed by atoms with van der Waals surface area (Å²) in [5, 5.41) is 12.1. The van der Waals surface area contributed by atoms with Crippen molar-refractivity contribution in [1.29, 1.82) is 0 Å². The number of carbonyl (C=O) groups excluding carboxylic acids is 1. The van der Waals surface area contributed by atoms with Gasteiger partial charge in [0.25, 0.3) is 5.91 Å². The Balaban J connectivity index is 1.87. The standard InChI is InChI=1S/C19H14ClNO4/c1-11-2-4-12(5-3-11)18(22)21-15-10-13(6-7-14(15)20)16-8-9-17(25-16)19(23)24/h2-10H,1H3,(H,21,22)(H,23,24). The van der Waals surface area contributed by atoms with Crippen molar-refractivity contribution in [3.63, 3.8) is 0 Å². The van der Waals surface area contributed by atoms with Crippen molar-refractivity contribution in [2.75, 3.05) is 5.32 Å². The van der Waals surface area contributed by atoms with Gasteiger partial charge in [-0.15, -0.1) is 0 Å². The first kappa shape index (κ1) is 16.8. The zero-order valence-corrected chi connectivity index (χ0v) is 14.0. The lowest BCUT2D eigenvalue weighted by atomic mass is 10.1. The van der Waals surface area contributed by atoms with E-state index in [1.807, 2.05) is 19.1 Å². The average Bonchev–Trinajstić information content (AvgIpc) is 3.08. The van der Waals surface area contributed by atoms with Crippen molar-refractivity contribution in [2.45, 2.75) is 6.92 Å². The van der Waals surface area contributed by atoms with Crippen molar-refractivity contribution in [3.05, 3.63) is 76.5 Å². The highest BCUT2D eigenvalue weighted by atomic mass is 35.5. The molecule has 0 aliphatic rings. The molecule has 3 rings (SSSR count). The molecule has 126 valence electrons. The third-order valence-corrected chi connectivity index (χ3v) is 3.96. The van der Waals surface area contributed by atoms with Gasteiger partial charge in [0.1, 0.15) is 5.76 Å². The number of furan rings is 1. The Bertz CT molecular complexity index is 944. The molecule has 0 fully saturated rings. The number of anilines is 1. The van der Waals surface area contributed by atoms with Gasteiger partial charge in [-0.3, -0.25) is 4.79 Å². The summed E-state index contributed by atoms with van der Waals surface area (Å²) in [4.78, 5) is 23.3. The summed E-state index contributed by atoms with van der Waals surface area (Å²) in [5.41, 5.74) is 2.59. The molecule has 2 N–H and O–H groups in total. The number of amides is 1. The molecule has 0 atom stereocenters. The number of aryl methyl sites for hydroxylation is 1. The molecule has 0 bridgehead atoms. The number of rotatable bonds is 4. The summed E-state index contributed by atoms with van der Waals surface area (Å²) >= 11 is 6.16. The third kappa shape index (κ3) is 3.72. The van der Waals surface area contributed by atoms with Crippen LogP contribution in [0.3, 0.4) is 0 Å². The highest BCUT2D eigenvalue weighted by Crippen LogP contribution is 2.30. The summed E-state index contributed by atoms with van der Waals surface area (Å²) < 4.78 is 5.27. The molecule has 1 heterocycles. The van der Waals surface area contributed by atoms with E-state index in [4.69, 9.17) is 21.1 Å². The maximum atomic E-state index is 12.3. The maximum absolute atomic E-state index is 12.3. The number of hydrogen-bond donors (Lipinski definition) is 2. The van der Waals surface area contributed by atoms with Crippen LogP contribution in [-0.4, -0.2) is 17.0 Å². The summed E-state index contributed by atoms with van der Waals surface area (Å²) in [6, 6.07) is 15.0. The Morgan fingerprint density at radius 2 is 1.76 bits per heavy atom. The first-order valence-electron chi connectivity index (χ1n) is 7.45. The summed E-state index contributed by atoms with van der Waals surface area (Å²) in [5.74, 6) is -1.21. The van der Waals surface area contributed by atoms with Crippen LogP contribution in [0.1, 0.15) is 26.5 Å². The average molecular weight is 356 g/mol. The van der Waals surface area contributed by atoms with Crippen LogP contribution in [0.15, 0.2) is 59.0 Å². The van der Waals surface area contributed by atoms with Gasteiger partial charge in [-0.1, -0.05) is 29.3 Å². The minimum atomic E-state index is -1.15. The molecule has 5 nitrogen and oxygen atoms in total. The van der Waals surface area contributed by atoms with Gasteiger partial charge in [0.05, 0.1) is 10.7 Å². The first-order valence-corrected chi connectivity index (χ1v) is 7.83. The highest BCUT2D eigenvalue weighted by Gasteiger charge is 2.13. The van der Waals surface area contributed by atoms with E-state index in [2.05, 4.69) is 5.32 Å². The van der Waals surface area contributed by atoms with Crippen LogP contribution in [0.2, 0.25) is 5.02 Å². The van der Waals surface area contributed by atoms with Crippen molar-refractivity contribution in [2.24, 2.45) is 0 Å². The lowest BCUT2D eigenvalue weighted by Gasteiger charge is -2.09. The summed E-state index contributed by atoms with van der Waals surface area (Å²) in [7, 11) is 0. The number of carboxylic acid groups (broad SMARTS) is 1. The molecule has 0 aliphatic heterocycles. The van der Waals surface area contributed by atoms with Gasteiger partial charge in [-0.25, -0.2) is 4.79 Å². The quantitative estimate of drug-likeness (QED) is 0.700. The second-order valence-corrected chi connectivity index (χ2v) is 5.89. The number of carboxylic acids is 1. The lowest BCUT2D eigenvalue weighted by Crippen LogP contribution is -2.12. The second kappa shape index (κ2) is 6.83. The van der Waals surface area contributed by atoms with Gasteiger partial charge in [-0.05, 0) is 49.4 Å². The van der Waals surface area contributed by atoms with Crippen molar-refractivity contribution >= 4 is 29.2 Å². The molecule has 6 heteroatoms. The minimum Gasteiger partial charge on any atom is -0.475 e. The molecule has 0 spiro atoms. The van der Waals surface area contributed by atoms with Gasteiger partial charge in [0.15, 0.2) is 0 Å². The van der Waals surface area contributed by atoms with Crippen molar-refractivity contribution < 1.29 is 19.1 Å². The molecular weight excluding hydrogens is 342 g/mol. The zero-order valence-electron chi connectivity index (χ0n) is 13.2. The van der Waals surface area contributed by atoms with Gasteiger partial charge >= 0.3 is 5.97 Å². The van der Waals surface area contributed by atoms with Crippen LogP contribution < -0.4 is 5.32 Å². The van der Waals surface area contributed by atoms with E-state index in [1.165, 1.54) is 6.07 Å². The minimum absolute atomic E-state index is 0.157. The fraction of sp³-hybridized carbons (Fsp3) is 0.0526. The summed E-state index contributed by atoms with van der Waals surface area (Å²) in [6.45, 7) is 1.94. The predicted molar refractivity (Wildman–Crippen MR) is 95.2 cm³/mol. The SMILES string of the molecule is Cc1ccc(C(=O)Nc2cc(-c3ccc(C(=O)O)o3)ccc2Cl)cc1. The van der Waals surface area contributed by atoms with Crippen LogP contribution in [0.5, 0.6) is 0 Å². The smallest absolute Gasteiger partial charge is 0.371 e. The van der Waals surface area contributed by atoms with Crippen LogP contribution in [0, 0.1) is 6.92 Å². The number of halogens is 1. The molecule has 2 aromatic carbocycles. The van der Waals surface area contributed by atoms with Gasteiger partial charge in [0, 0.05) is 11.1 Å². The Labute approximate surface area is 148 Å². The molecule has 1 aromatic heterocycles. The maximum Gasteiger partial charge on any atom is 0.371 e. The molecule has 0 unspecified atom stereocenters. The second-order valence-electron chi connectivity index (χ2n) is 5.48. The van der Waals surface area contributed by atoms with Gasteiger partial charge in [0.2, 0.25) is 5.76 Å². The van der Waals surface area contributed by atoms with Crippen LogP contribution in [0.4, 0.5) is 5.69 Å². The molecule has 3 aromatic rings. The molecular formula is C19H14ClNO4. The van der Waals surface area contributed by atoms with E-state index in [9.17, 15) is 9.59 Å². The number of benzene rings is 2. The van der Waals surface area contributed by atoms with Crippen LogP contribution >= 0.6 is 11.6 Å². The van der Waals surface area contributed by atoms with E-state index < -0.39 is 5.97 Å². The fourth-order valence-corrected chi connectivity index (χ4v) is 2.45. The molecule has 1 amide bonds. The number of hydrogen-bond acceptors (Lipinski definition) is 3. The molecule has 0 saturated heterocycles. The molecule has 25 heavy (non-hydrogen) atoms. The Hall–Kier alpha value is -3.05. The molecule has 0 saturated carbocycles. The number of nitrogens with one attached hydrogen (secondary N) is 1. The highest BCUT2D eigenvalue weighted by molar-refractivity contribution is 6.34. The largest absolute Gasteiger partial charge is 0.475 e. The van der Waals surface area contributed by atoms with Crippen molar-refractivity contribution in [3.8, 4) is 11.3 Å². The fourth-order valence-electron chi connectivity index (χ4n) is 2.28. The van der Waals surface area contributed by atoms with E-state index in [0.717, 1.165) is 5.56 Å². The van der Waals surface area contributed by atoms with E-state index in [-0.39, 0.29) is 11.7 Å². The normalized spacial score (nSPS) is 10.5. The van der Waals surface area contributed by atoms with E-state index in [1.54, 1.807) is 36.4 Å². The van der Waals surface area contributed by atoms with Crippen LogP contribution in [-0.2, 0) is 0 Å². The zero-order chi connectivity index (χ0) is 18.0. The molecule has 0 radical (unpaired) electrons. The van der Waals surface area contributed by atoms with Crippen LogP contribution in [0.25, 0.3) is 11.3 Å². The van der Waals surface area contributed by atoms with Crippen molar-refractivity contribution in [1.82, 2.24) is 0 Å². The molecule has 0 aliphatic carbocycles. The third-order valence-electron chi connectivity index (χ3n) is 3.63. The van der Waals surface area contributed by atoms with E-state index in [0.29, 0.717) is 27.6 Å². The number of carbonyl (C=O) groups is 2. The predicted octanol–water partition coefficient (Wildman–Crippen LogP) is 4.86. The lowest BCUT2D eigenvalue weighted by molar-refractivity contribution is 0.0663. The summed E-state index contributed by atoms with van der Waals surface area (Å²) in [6.07, 6.45) is 0. The monoisotopic (exact) mass is 355 g/mol. The Kier molecular flexibility index (Phi) is 4.59. The van der Waals surface area contributed by atoms with Gasteiger partial charge in [-0.2, -0.15) is 0 Å². The first-order chi connectivity index (χ1) is 11.9. The number of aromatic carboxylic acids is 1.